The highest BCUT2D eigenvalue weighted by Crippen LogP contribution is 2.49. The molecule has 1 saturated heterocycles. The van der Waals surface area contributed by atoms with Crippen LogP contribution in [0.4, 0.5) is 5.69 Å². The zero-order chi connectivity index (χ0) is 14.7. The lowest BCUT2D eigenvalue weighted by Gasteiger charge is -2.44. The molecule has 3 fully saturated rings. The number of piperidine rings is 1. The fourth-order valence-corrected chi connectivity index (χ4v) is 6.00. The van der Waals surface area contributed by atoms with Crippen LogP contribution in [0.2, 0.25) is 0 Å². The van der Waals surface area contributed by atoms with Crippen LogP contribution in [0.1, 0.15) is 51.1 Å². The van der Waals surface area contributed by atoms with E-state index in [1.807, 2.05) is 0 Å². The quantitative estimate of drug-likeness (QED) is 0.836. The van der Waals surface area contributed by atoms with Gasteiger partial charge in [-0.15, -0.1) is 0 Å². The predicted octanol–water partition coefficient (Wildman–Crippen LogP) is 4.19. The van der Waals surface area contributed by atoms with Crippen molar-refractivity contribution in [2.45, 2.75) is 56.9 Å². The molecule has 5 rings (SSSR count). The Balaban J connectivity index is 0.00000135. The van der Waals surface area contributed by atoms with Gasteiger partial charge in [0.15, 0.2) is 0 Å². The second kappa shape index (κ2) is 4.74. The Morgan fingerprint density at radius 1 is 1.18 bits per heavy atom. The predicted molar refractivity (Wildman–Crippen MR) is 93.5 cm³/mol. The molecule has 2 heteroatoms. The fourth-order valence-electron chi connectivity index (χ4n) is 6.00. The Labute approximate surface area is 135 Å². The molecule has 22 heavy (non-hydrogen) atoms. The summed E-state index contributed by atoms with van der Waals surface area (Å²) in [6, 6.07) is 7.92. The standard InChI is InChI=1S/C20H28N2.H2/c1-14-2-5-18-17(10-14)20(13-21-18)6-8-22(9-7-20)19-12-15-3-4-16(19)11-15;/h2,5,10,15-16,19,21H,3-4,6-9,11-13H2,1H3;1H/t15-,16+,19+;/m0./s1. The molecule has 4 aliphatic rings. The number of likely N-dealkylation sites (tertiary alicyclic amines) is 1. The lowest BCUT2D eigenvalue weighted by atomic mass is 9.73. The van der Waals surface area contributed by atoms with Crippen LogP contribution in [0.5, 0.6) is 0 Å². The molecule has 2 heterocycles. The summed E-state index contributed by atoms with van der Waals surface area (Å²) in [4.78, 5) is 2.86. The van der Waals surface area contributed by atoms with Crippen LogP contribution in [0, 0.1) is 18.8 Å². The molecule has 3 atom stereocenters. The van der Waals surface area contributed by atoms with Gasteiger partial charge in [-0.2, -0.15) is 0 Å². The van der Waals surface area contributed by atoms with E-state index in [4.69, 9.17) is 0 Å². The van der Waals surface area contributed by atoms with E-state index in [2.05, 4.69) is 35.3 Å². The zero-order valence-electron chi connectivity index (χ0n) is 13.8. The van der Waals surface area contributed by atoms with Gasteiger partial charge in [-0.3, -0.25) is 0 Å². The Kier molecular flexibility index (Phi) is 2.89. The summed E-state index contributed by atoms with van der Waals surface area (Å²) in [6.07, 6.45) is 8.78. The summed E-state index contributed by atoms with van der Waals surface area (Å²) in [7, 11) is 0. The average Bonchev–Trinajstić information content (AvgIpc) is 3.24. The first-order valence-electron chi connectivity index (χ1n) is 9.33. The lowest BCUT2D eigenvalue weighted by molar-refractivity contribution is 0.0887. The fraction of sp³-hybridized carbons (Fsp3) is 0.700. The van der Waals surface area contributed by atoms with Gasteiger partial charge in [0.1, 0.15) is 0 Å². The van der Waals surface area contributed by atoms with Crippen molar-refractivity contribution in [1.82, 2.24) is 4.90 Å². The number of anilines is 1. The van der Waals surface area contributed by atoms with Crippen molar-refractivity contribution in [2.24, 2.45) is 11.8 Å². The first-order valence-corrected chi connectivity index (χ1v) is 9.33. The minimum atomic E-state index is 0. The van der Waals surface area contributed by atoms with Crippen LogP contribution in [0.15, 0.2) is 18.2 Å². The molecular weight excluding hydrogens is 268 g/mol. The van der Waals surface area contributed by atoms with Crippen molar-refractivity contribution in [3.05, 3.63) is 29.3 Å². The lowest BCUT2D eigenvalue weighted by Crippen LogP contribution is -2.49. The van der Waals surface area contributed by atoms with Crippen LogP contribution in [0.25, 0.3) is 0 Å². The summed E-state index contributed by atoms with van der Waals surface area (Å²) in [5, 5.41) is 3.68. The third-order valence-corrected chi connectivity index (χ3v) is 7.29. The molecule has 1 N–H and O–H groups in total. The van der Waals surface area contributed by atoms with Crippen molar-refractivity contribution >= 4 is 5.69 Å². The molecule has 0 aromatic heterocycles. The van der Waals surface area contributed by atoms with Gasteiger partial charge in [-0.05, 0) is 75.6 Å². The highest BCUT2D eigenvalue weighted by atomic mass is 15.2. The maximum absolute atomic E-state index is 3.68. The molecule has 2 aliphatic heterocycles. The number of fused-ring (bicyclic) bond motifs is 4. The van der Waals surface area contributed by atoms with Gasteiger partial charge in [-0.25, -0.2) is 0 Å². The molecule has 0 radical (unpaired) electrons. The second-order valence-electron chi connectivity index (χ2n) is 8.46. The minimum absolute atomic E-state index is 0. The Bertz CT molecular complexity index is 591. The maximum Gasteiger partial charge on any atom is 0.0379 e. The van der Waals surface area contributed by atoms with Gasteiger partial charge in [0, 0.05) is 25.1 Å². The highest BCUT2D eigenvalue weighted by Gasteiger charge is 2.46. The number of rotatable bonds is 1. The van der Waals surface area contributed by atoms with Gasteiger partial charge in [0.25, 0.3) is 0 Å². The molecule has 2 nitrogen and oxygen atoms in total. The van der Waals surface area contributed by atoms with Crippen LogP contribution in [0.3, 0.4) is 0 Å². The van der Waals surface area contributed by atoms with E-state index in [9.17, 15) is 0 Å². The van der Waals surface area contributed by atoms with Crippen molar-refractivity contribution < 1.29 is 1.43 Å². The van der Waals surface area contributed by atoms with Crippen molar-refractivity contribution in [1.29, 1.82) is 0 Å². The molecule has 0 unspecified atom stereocenters. The Hall–Kier alpha value is -1.02. The largest absolute Gasteiger partial charge is 0.384 e. The van der Waals surface area contributed by atoms with E-state index in [0.717, 1.165) is 24.4 Å². The Morgan fingerprint density at radius 2 is 2.05 bits per heavy atom. The van der Waals surface area contributed by atoms with Gasteiger partial charge < -0.3 is 10.2 Å². The summed E-state index contributed by atoms with van der Waals surface area (Å²) < 4.78 is 0. The molecule has 120 valence electrons. The van der Waals surface area contributed by atoms with Crippen LogP contribution < -0.4 is 5.32 Å². The molecular formula is C20H30N2. The van der Waals surface area contributed by atoms with Crippen molar-refractivity contribution in [3.8, 4) is 0 Å². The normalized spacial score (nSPS) is 35.8. The highest BCUT2D eigenvalue weighted by molar-refractivity contribution is 5.61. The summed E-state index contributed by atoms with van der Waals surface area (Å²) in [5.74, 6) is 2.11. The molecule has 2 aliphatic carbocycles. The number of nitrogens with one attached hydrogen (secondary N) is 1. The van der Waals surface area contributed by atoms with E-state index in [0.29, 0.717) is 5.41 Å². The van der Waals surface area contributed by atoms with E-state index in [1.54, 1.807) is 5.56 Å². The van der Waals surface area contributed by atoms with Gasteiger partial charge in [0.05, 0.1) is 0 Å². The summed E-state index contributed by atoms with van der Waals surface area (Å²) in [5.41, 5.74) is 4.85. The Morgan fingerprint density at radius 3 is 2.77 bits per heavy atom. The monoisotopic (exact) mass is 298 g/mol. The summed E-state index contributed by atoms with van der Waals surface area (Å²) in [6.45, 7) is 6.04. The van der Waals surface area contributed by atoms with Crippen molar-refractivity contribution in [2.75, 3.05) is 25.0 Å². The molecule has 1 aromatic rings. The van der Waals surface area contributed by atoms with E-state index in [1.165, 1.54) is 62.9 Å². The number of hydrogen-bond donors (Lipinski definition) is 1. The average molecular weight is 298 g/mol. The molecule has 2 saturated carbocycles. The van der Waals surface area contributed by atoms with E-state index in [-0.39, 0.29) is 1.43 Å². The zero-order valence-corrected chi connectivity index (χ0v) is 13.8. The SMILES string of the molecule is Cc1ccc2c(c1)C1(CCN([C@@H]3C[C@H]4CC[C@@H]3C4)CC1)CN2.[HH]. The van der Waals surface area contributed by atoms with Crippen molar-refractivity contribution in [3.63, 3.8) is 0 Å². The second-order valence-corrected chi connectivity index (χ2v) is 8.46. The van der Waals surface area contributed by atoms with Gasteiger partial charge >= 0.3 is 0 Å². The topological polar surface area (TPSA) is 15.3 Å². The molecule has 2 bridgehead atoms. The summed E-state index contributed by atoms with van der Waals surface area (Å²) >= 11 is 0. The number of nitrogens with zero attached hydrogens (tertiary/aromatic N) is 1. The number of aryl methyl sites for hydroxylation is 1. The van der Waals surface area contributed by atoms with Crippen LogP contribution in [-0.2, 0) is 5.41 Å². The smallest absolute Gasteiger partial charge is 0.0379 e. The molecule has 1 spiro atoms. The molecule has 0 amide bonds. The van der Waals surface area contributed by atoms with Gasteiger partial charge in [0.2, 0.25) is 0 Å². The van der Waals surface area contributed by atoms with E-state index < -0.39 is 0 Å². The minimum Gasteiger partial charge on any atom is -0.384 e. The van der Waals surface area contributed by atoms with Crippen LogP contribution in [-0.4, -0.2) is 30.6 Å². The number of hydrogen-bond acceptors (Lipinski definition) is 2. The first-order chi connectivity index (χ1) is 10.7. The molecule has 1 aromatic carbocycles. The van der Waals surface area contributed by atoms with E-state index >= 15 is 0 Å². The first kappa shape index (κ1) is 13.4. The third kappa shape index (κ3) is 1.89. The van der Waals surface area contributed by atoms with Crippen LogP contribution >= 0.6 is 0 Å². The van der Waals surface area contributed by atoms with Gasteiger partial charge in [-0.1, -0.05) is 24.1 Å². The third-order valence-electron chi connectivity index (χ3n) is 7.29. The number of benzene rings is 1. The maximum atomic E-state index is 3.68.